The van der Waals surface area contributed by atoms with Crippen molar-refractivity contribution in [1.82, 2.24) is 4.90 Å². The summed E-state index contributed by atoms with van der Waals surface area (Å²) in [6.45, 7) is 11.0. The van der Waals surface area contributed by atoms with E-state index in [4.69, 9.17) is 0 Å². The molecule has 1 aromatic rings. The van der Waals surface area contributed by atoms with Crippen molar-refractivity contribution in [2.24, 2.45) is 0 Å². The fourth-order valence-electron chi connectivity index (χ4n) is 3.70. The first-order chi connectivity index (χ1) is 9.95. The minimum atomic E-state index is -0.304. The van der Waals surface area contributed by atoms with Gasteiger partial charge in [-0.25, -0.2) is 0 Å². The molecule has 1 N–H and O–H groups in total. The van der Waals surface area contributed by atoms with Gasteiger partial charge in [0.1, 0.15) is 0 Å². The third-order valence-electron chi connectivity index (χ3n) is 5.22. The van der Waals surface area contributed by atoms with Crippen LogP contribution in [0.3, 0.4) is 0 Å². The number of rotatable bonds is 5. The molecule has 0 saturated carbocycles. The molecule has 0 aromatic heterocycles. The Morgan fingerprint density at radius 2 is 1.67 bits per heavy atom. The summed E-state index contributed by atoms with van der Waals surface area (Å²) in [7, 11) is 0. The lowest BCUT2D eigenvalue weighted by Crippen LogP contribution is -2.56. The van der Waals surface area contributed by atoms with Crippen molar-refractivity contribution in [3.8, 4) is 0 Å². The number of hydrogen-bond donors (Lipinski definition) is 1. The molecule has 21 heavy (non-hydrogen) atoms. The monoisotopic (exact) mass is 289 g/mol. The molecule has 1 aliphatic heterocycles. The molecule has 1 heterocycles. The quantitative estimate of drug-likeness (QED) is 0.889. The van der Waals surface area contributed by atoms with E-state index in [9.17, 15) is 5.11 Å². The number of aliphatic hydroxyl groups is 1. The van der Waals surface area contributed by atoms with Gasteiger partial charge in [-0.15, -0.1) is 0 Å². The maximum atomic E-state index is 10.9. The molecule has 2 nitrogen and oxygen atoms in total. The Kier molecular flexibility index (Phi) is 5.45. The van der Waals surface area contributed by atoms with Gasteiger partial charge in [-0.3, -0.25) is 4.90 Å². The molecule has 2 atom stereocenters. The lowest BCUT2D eigenvalue weighted by molar-refractivity contribution is -0.0328. The molecule has 1 aromatic carbocycles. The standard InChI is InChI=1S/C19H31NO/c1-5-19(4,20-9-7-6-8-10-20)18(21)14-17-12-15(2)11-16(3)13-17/h11-13,18,21H,5-10,14H2,1-4H3. The SMILES string of the molecule is CCC(C)(C(O)Cc1cc(C)cc(C)c1)N1CCCCC1. The Bertz CT molecular complexity index is 444. The number of aryl methyl sites for hydroxylation is 2. The van der Waals surface area contributed by atoms with Gasteiger partial charge in [0.25, 0.3) is 0 Å². The van der Waals surface area contributed by atoms with E-state index in [-0.39, 0.29) is 11.6 Å². The summed E-state index contributed by atoms with van der Waals surface area (Å²) in [6.07, 6.45) is 5.32. The fraction of sp³-hybridized carbons (Fsp3) is 0.684. The highest BCUT2D eigenvalue weighted by atomic mass is 16.3. The fourth-order valence-corrected chi connectivity index (χ4v) is 3.70. The molecule has 2 heteroatoms. The third kappa shape index (κ3) is 3.87. The molecule has 0 radical (unpaired) electrons. The van der Waals surface area contributed by atoms with E-state index in [1.807, 2.05) is 0 Å². The van der Waals surface area contributed by atoms with Gasteiger partial charge in [0.2, 0.25) is 0 Å². The summed E-state index contributed by atoms with van der Waals surface area (Å²) in [5.74, 6) is 0. The van der Waals surface area contributed by atoms with Gasteiger partial charge < -0.3 is 5.11 Å². The maximum Gasteiger partial charge on any atom is 0.0761 e. The van der Waals surface area contributed by atoms with E-state index in [1.54, 1.807) is 0 Å². The summed E-state index contributed by atoms with van der Waals surface area (Å²) < 4.78 is 0. The smallest absolute Gasteiger partial charge is 0.0761 e. The van der Waals surface area contributed by atoms with Crippen LogP contribution in [0.4, 0.5) is 0 Å². The zero-order valence-electron chi connectivity index (χ0n) is 14.2. The maximum absolute atomic E-state index is 10.9. The van der Waals surface area contributed by atoms with Crippen molar-refractivity contribution in [1.29, 1.82) is 0 Å². The normalized spacial score (nSPS) is 21.0. The zero-order valence-corrected chi connectivity index (χ0v) is 14.2. The number of aliphatic hydroxyl groups excluding tert-OH is 1. The Morgan fingerprint density at radius 3 is 2.19 bits per heavy atom. The highest BCUT2D eigenvalue weighted by Crippen LogP contribution is 2.29. The minimum absolute atomic E-state index is 0.0991. The molecule has 1 aliphatic rings. The van der Waals surface area contributed by atoms with Gasteiger partial charge in [0.05, 0.1) is 6.10 Å². The zero-order chi connectivity index (χ0) is 15.5. The number of likely N-dealkylation sites (tertiary alicyclic amines) is 1. The predicted molar refractivity (Wildman–Crippen MR) is 89.7 cm³/mol. The molecule has 2 unspecified atom stereocenters. The second kappa shape index (κ2) is 6.93. The molecule has 0 aliphatic carbocycles. The second-order valence-corrected chi connectivity index (χ2v) is 6.97. The van der Waals surface area contributed by atoms with Crippen molar-refractivity contribution >= 4 is 0 Å². The van der Waals surface area contributed by atoms with Gasteiger partial charge in [-0.05, 0) is 58.7 Å². The highest BCUT2D eigenvalue weighted by Gasteiger charge is 2.37. The number of nitrogens with zero attached hydrogens (tertiary/aromatic N) is 1. The van der Waals surface area contributed by atoms with E-state index in [2.05, 4.69) is 50.8 Å². The van der Waals surface area contributed by atoms with E-state index in [0.717, 1.165) is 25.9 Å². The molecule has 118 valence electrons. The largest absolute Gasteiger partial charge is 0.391 e. The molecule has 2 rings (SSSR count). The van der Waals surface area contributed by atoms with Crippen LogP contribution in [0, 0.1) is 13.8 Å². The predicted octanol–water partition coefficient (Wildman–Crippen LogP) is 3.86. The van der Waals surface area contributed by atoms with Gasteiger partial charge >= 0.3 is 0 Å². The van der Waals surface area contributed by atoms with Crippen molar-refractivity contribution in [3.05, 3.63) is 34.9 Å². The van der Waals surface area contributed by atoms with Gasteiger partial charge in [-0.1, -0.05) is 42.7 Å². The van der Waals surface area contributed by atoms with E-state index >= 15 is 0 Å². The molecule has 0 amide bonds. The van der Waals surface area contributed by atoms with E-state index < -0.39 is 0 Å². The Morgan fingerprint density at radius 1 is 1.10 bits per heavy atom. The molecule has 0 bridgehead atoms. The van der Waals surface area contributed by atoms with Gasteiger partial charge in [0.15, 0.2) is 0 Å². The van der Waals surface area contributed by atoms with Crippen LogP contribution >= 0.6 is 0 Å². The topological polar surface area (TPSA) is 23.5 Å². The molecule has 1 saturated heterocycles. The summed E-state index contributed by atoms with van der Waals surface area (Å²) in [4.78, 5) is 2.52. The number of benzene rings is 1. The molecule has 1 fully saturated rings. The van der Waals surface area contributed by atoms with Crippen molar-refractivity contribution in [2.45, 2.75) is 71.4 Å². The average Bonchev–Trinajstić information content (AvgIpc) is 2.46. The van der Waals surface area contributed by atoms with Crippen LogP contribution in [0.25, 0.3) is 0 Å². The van der Waals surface area contributed by atoms with Crippen LogP contribution in [0.15, 0.2) is 18.2 Å². The first kappa shape index (κ1) is 16.5. The van der Waals surface area contributed by atoms with Crippen LogP contribution in [0.5, 0.6) is 0 Å². The highest BCUT2D eigenvalue weighted by molar-refractivity contribution is 5.29. The van der Waals surface area contributed by atoms with Crippen LogP contribution < -0.4 is 0 Å². The van der Waals surface area contributed by atoms with Gasteiger partial charge in [-0.2, -0.15) is 0 Å². The summed E-state index contributed by atoms with van der Waals surface area (Å²) in [5.41, 5.74) is 3.73. The molecular formula is C19H31NO. The third-order valence-corrected chi connectivity index (χ3v) is 5.22. The van der Waals surface area contributed by atoms with E-state index in [0.29, 0.717) is 0 Å². The number of piperidine rings is 1. The number of hydrogen-bond acceptors (Lipinski definition) is 2. The summed E-state index contributed by atoms with van der Waals surface area (Å²) >= 11 is 0. The van der Waals surface area contributed by atoms with Crippen LogP contribution in [0.1, 0.15) is 56.2 Å². The van der Waals surface area contributed by atoms with Crippen molar-refractivity contribution in [3.63, 3.8) is 0 Å². The lowest BCUT2D eigenvalue weighted by atomic mass is 9.84. The lowest BCUT2D eigenvalue weighted by Gasteiger charge is -2.46. The van der Waals surface area contributed by atoms with Crippen LogP contribution in [0.2, 0.25) is 0 Å². The Hall–Kier alpha value is -0.860. The first-order valence-corrected chi connectivity index (χ1v) is 8.46. The van der Waals surface area contributed by atoms with Crippen LogP contribution in [-0.2, 0) is 6.42 Å². The first-order valence-electron chi connectivity index (χ1n) is 8.46. The summed E-state index contributed by atoms with van der Waals surface area (Å²) in [6, 6.07) is 6.62. The Balaban J connectivity index is 2.13. The van der Waals surface area contributed by atoms with Gasteiger partial charge in [0, 0.05) is 12.0 Å². The van der Waals surface area contributed by atoms with E-state index in [1.165, 1.54) is 36.0 Å². The van der Waals surface area contributed by atoms with Crippen molar-refractivity contribution in [2.75, 3.05) is 13.1 Å². The Labute approximate surface area is 130 Å². The molecule has 0 spiro atoms. The second-order valence-electron chi connectivity index (χ2n) is 6.97. The average molecular weight is 289 g/mol. The molecular weight excluding hydrogens is 258 g/mol. The van der Waals surface area contributed by atoms with Crippen molar-refractivity contribution < 1.29 is 5.11 Å². The minimum Gasteiger partial charge on any atom is -0.391 e. The summed E-state index contributed by atoms with van der Waals surface area (Å²) in [5, 5.41) is 10.9. The van der Waals surface area contributed by atoms with Crippen LogP contribution in [-0.4, -0.2) is 34.7 Å².